The Labute approximate surface area is 234 Å². The van der Waals surface area contributed by atoms with Gasteiger partial charge in [0.15, 0.2) is 0 Å². The van der Waals surface area contributed by atoms with E-state index < -0.39 is 48.5 Å². The molecule has 0 fully saturated rings. The number of hydrogen-bond donors (Lipinski definition) is 4. The third kappa shape index (κ3) is 5.93. The minimum atomic E-state index is -1.14. The van der Waals surface area contributed by atoms with E-state index in [4.69, 9.17) is 28.0 Å². The number of carboxylic acid groups (broad SMARTS) is 1. The van der Waals surface area contributed by atoms with E-state index in [0.717, 1.165) is 0 Å². The lowest BCUT2D eigenvalue weighted by Crippen LogP contribution is -2.55. The van der Waals surface area contributed by atoms with Crippen LogP contribution in [0.15, 0.2) is 66.7 Å². The maximum absolute atomic E-state index is 13.8. The summed E-state index contributed by atoms with van der Waals surface area (Å²) in [5.41, 5.74) is 4.04. The van der Waals surface area contributed by atoms with Crippen molar-refractivity contribution in [2.45, 2.75) is 37.6 Å². The van der Waals surface area contributed by atoms with Gasteiger partial charge in [0.05, 0.1) is 42.9 Å². The maximum Gasteiger partial charge on any atom is 0.335 e. The van der Waals surface area contributed by atoms with Crippen molar-refractivity contribution in [1.82, 2.24) is 10.4 Å². The van der Waals surface area contributed by atoms with E-state index in [1.807, 2.05) is 0 Å². The first-order chi connectivity index (χ1) is 18.6. The number of halogens is 2. The molecule has 0 radical (unpaired) electrons. The van der Waals surface area contributed by atoms with Crippen LogP contribution in [-0.4, -0.2) is 56.8 Å². The summed E-state index contributed by atoms with van der Waals surface area (Å²) in [4.78, 5) is 45.5. The number of hydrogen-bond acceptors (Lipinski definition) is 6. The highest BCUT2D eigenvalue weighted by atomic mass is 35.5. The summed E-state index contributed by atoms with van der Waals surface area (Å²) in [6, 6.07) is 15.2. The number of benzene rings is 3. The van der Waals surface area contributed by atoms with Gasteiger partial charge in [-0.15, -0.1) is 0 Å². The number of fused-ring (bicyclic) bond motifs is 1. The van der Waals surface area contributed by atoms with Crippen LogP contribution in [0, 0.1) is 0 Å². The van der Waals surface area contributed by atoms with Crippen LogP contribution in [0.1, 0.15) is 56.3 Å². The number of carbonyl (C=O) groups excluding carboxylic acids is 2. The predicted molar refractivity (Wildman–Crippen MR) is 143 cm³/mol. The molecule has 0 spiro atoms. The Morgan fingerprint density at radius 1 is 1.05 bits per heavy atom. The van der Waals surface area contributed by atoms with E-state index in [1.165, 1.54) is 30.0 Å². The minimum Gasteiger partial charge on any atom is -0.478 e. The number of aliphatic hydroxyl groups is 2. The minimum absolute atomic E-state index is 0.0726. The lowest BCUT2D eigenvalue weighted by Gasteiger charge is -2.46. The van der Waals surface area contributed by atoms with Gasteiger partial charge >= 0.3 is 5.97 Å². The Bertz CT molecular complexity index is 1400. The second-order valence-electron chi connectivity index (χ2n) is 9.14. The molecule has 2 amide bonds. The molecule has 1 heterocycles. The zero-order valence-corrected chi connectivity index (χ0v) is 22.3. The molecule has 3 aromatic rings. The van der Waals surface area contributed by atoms with Crippen molar-refractivity contribution in [2.75, 3.05) is 6.61 Å². The van der Waals surface area contributed by atoms with Crippen LogP contribution < -0.4 is 5.48 Å². The zero-order valence-electron chi connectivity index (χ0n) is 20.8. The highest BCUT2D eigenvalue weighted by Crippen LogP contribution is 2.46. The number of aliphatic hydroxyl groups excluding tert-OH is 2. The lowest BCUT2D eigenvalue weighted by atomic mass is 9.78. The molecule has 0 bridgehead atoms. The molecule has 0 saturated heterocycles. The Morgan fingerprint density at radius 2 is 1.79 bits per heavy atom. The Balaban J connectivity index is 1.75. The number of carboxylic acids is 1. The SMILES string of the molecule is C[C@H](O)[C@H](CO)N1C(=O)c2ccccc2[C@@H](C(=O)NOCc2cccc(C(=O)O)c2)[C@@H]1c1ccc(Cl)cc1Cl. The first kappa shape index (κ1) is 28.5. The molecular weight excluding hydrogens is 547 g/mol. The van der Waals surface area contributed by atoms with E-state index in [-0.39, 0.29) is 22.8 Å². The van der Waals surface area contributed by atoms with Gasteiger partial charge in [-0.25, -0.2) is 10.3 Å². The van der Waals surface area contributed by atoms with Crippen molar-refractivity contribution in [3.05, 3.63) is 105 Å². The normalized spacial score (nSPS) is 18.3. The van der Waals surface area contributed by atoms with Crippen molar-refractivity contribution in [2.24, 2.45) is 0 Å². The monoisotopic (exact) mass is 572 g/mol. The Hall–Kier alpha value is -3.47. The molecule has 204 valence electrons. The van der Waals surface area contributed by atoms with Crippen molar-refractivity contribution >= 4 is 41.0 Å². The molecule has 11 heteroatoms. The van der Waals surface area contributed by atoms with Crippen molar-refractivity contribution in [3.8, 4) is 0 Å². The zero-order chi connectivity index (χ0) is 28.3. The van der Waals surface area contributed by atoms with Gasteiger partial charge in [-0.1, -0.05) is 59.6 Å². The fraction of sp³-hybridized carbons (Fsp3) is 0.250. The summed E-state index contributed by atoms with van der Waals surface area (Å²) in [5, 5.41) is 30.4. The van der Waals surface area contributed by atoms with Crippen LogP contribution in [0.2, 0.25) is 10.0 Å². The van der Waals surface area contributed by atoms with E-state index in [0.29, 0.717) is 21.7 Å². The second kappa shape index (κ2) is 12.1. The predicted octanol–water partition coefficient (Wildman–Crippen LogP) is 3.96. The molecular formula is C28H26Cl2N2O7. The molecule has 0 aromatic heterocycles. The molecule has 1 aliphatic heterocycles. The van der Waals surface area contributed by atoms with Crippen LogP contribution in [0.25, 0.3) is 0 Å². The van der Waals surface area contributed by atoms with E-state index in [1.54, 1.807) is 48.5 Å². The summed E-state index contributed by atoms with van der Waals surface area (Å²) in [5.74, 6) is -3.26. The van der Waals surface area contributed by atoms with E-state index >= 15 is 0 Å². The van der Waals surface area contributed by atoms with Gasteiger partial charge in [-0.3, -0.25) is 14.4 Å². The van der Waals surface area contributed by atoms with Crippen molar-refractivity contribution in [1.29, 1.82) is 0 Å². The largest absolute Gasteiger partial charge is 0.478 e. The Morgan fingerprint density at radius 3 is 2.46 bits per heavy atom. The fourth-order valence-electron chi connectivity index (χ4n) is 4.79. The molecule has 4 atom stereocenters. The van der Waals surface area contributed by atoms with Crippen LogP contribution >= 0.6 is 23.2 Å². The molecule has 0 unspecified atom stereocenters. The summed E-state index contributed by atoms with van der Waals surface area (Å²) in [7, 11) is 0. The Kier molecular flexibility index (Phi) is 8.89. The summed E-state index contributed by atoms with van der Waals surface area (Å²) in [6.45, 7) is 0.750. The number of nitrogens with zero attached hydrogens (tertiary/aromatic N) is 1. The highest BCUT2D eigenvalue weighted by molar-refractivity contribution is 6.35. The molecule has 0 aliphatic carbocycles. The van der Waals surface area contributed by atoms with Gasteiger partial charge in [0.2, 0.25) is 0 Å². The van der Waals surface area contributed by atoms with Gasteiger partial charge < -0.3 is 20.2 Å². The summed E-state index contributed by atoms with van der Waals surface area (Å²) < 4.78 is 0. The maximum atomic E-state index is 13.8. The topological polar surface area (TPSA) is 136 Å². The molecule has 39 heavy (non-hydrogen) atoms. The number of hydroxylamine groups is 1. The van der Waals surface area contributed by atoms with Gasteiger partial charge in [-0.2, -0.15) is 0 Å². The van der Waals surface area contributed by atoms with Crippen LogP contribution in [-0.2, 0) is 16.2 Å². The number of carbonyl (C=O) groups is 3. The second-order valence-corrected chi connectivity index (χ2v) is 9.98. The number of nitrogens with one attached hydrogen (secondary N) is 1. The molecule has 0 saturated carbocycles. The van der Waals surface area contributed by atoms with Gasteiger partial charge in [-0.05, 0) is 53.9 Å². The van der Waals surface area contributed by atoms with Crippen LogP contribution in [0.4, 0.5) is 0 Å². The third-order valence-corrected chi connectivity index (χ3v) is 7.19. The highest BCUT2D eigenvalue weighted by Gasteiger charge is 2.48. The van der Waals surface area contributed by atoms with Gasteiger partial charge in [0.25, 0.3) is 11.8 Å². The van der Waals surface area contributed by atoms with E-state index in [9.17, 15) is 29.7 Å². The number of amides is 2. The molecule has 4 rings (SSSR count). The molecule has 4 N–H and O–H groups in total. The van der Waals surface area contributed by atoms with Crippen molar-refractivity contribution in [3.63, 3.8) is 0 Å². The fourth-order valence-corrected chi connectivity index (χ4v) is 5.31. The average molecular weight is 573 g/mol. The third-order valence-electron chi connectivity index (χ3n) is 6.63. The first-order valence-electron chi connectivity index (χ1n) is 12.0. The number of rotatable bonds is 9. The lowest BCUT2D eigenvalue weighted by molar-refractivity contribution is -0.138. The number of aromatic carboxylic acids is 1. The average Bonchev–Trinajstić information content (AvgIpc) is 2.90. The summed E-state index contributed by atoms with van der Waals surface area (Å²) >= 11 is 12.7. The summed E-state index contributed by atoms with van der Waals surface area (Å²) in [6.07, 6.45) is -1.14. The van der Waals surface area contributed by atoms with Gasteiger partial charge in [0.1, 0.15) is 0 Å². The molecule has 9 nitrogen and oxygen atoms in total. The van der Waals surface area contributed by atoms with Crippen LogP contribution in [0.5, 0.6) is 0 Å². The van der Waals surface area contributed by atoms with Crippen LogP contribution in [0.3, 0.4) is 0 Å². The smallest absolute Gasteiger partial charge is 0.335 e. The molecule has 1 aliphatic rings. The van der Waals surface area contributed by atoms with Crippen molar-refractivity contribution < 1.29 is 34.5 Å². The molecule has 3 aromatic carbocycles. The van der Waals surface area contributed by atoms with Gasteiger partial charge in [0, 0.05) is 15.6 Å². The van der Waals surface area contributed by atoms with E-state index in [2.05, 4.69) is 5.48 Å². The standard InChI is InChI=1S/C28H26Cl2N2O7/c1-15(34)23(13-33)32-25(21-10-9-18(29)12-22(21)30)24(19-7-2-3-8-20(19)27(32)36)26(35)31-39-14-16-5-4-6-17(11-16)28(37)38/h2-12,15,23-25,33-34H,13-14H2,1H3,(H,31,35)(H,37,38)/t15-,23-,24+,25-/m0/s1. The quantitative estimate of drug-likeness (QED) is 0.285. The first-order valence-corrected chi connectivity index (χ1v) is 12.8.